The smallest absolute Gasteiger partial charge is 0.197 e. The topological polar surface area (TPSA) is 96.0 Å². The molecule has 56 heavy (non-hydrogen) atoms. The molecule has 0 unspecified atom stereocenters. The van der Waals surface area contributed by atoms with Gasteiger partial charge in [-0.2, -0.15) is 0 Å². The number of likely N-dealkylation sites (N-methyl/N-ethyl adjacent to an activating group) is 2. The Morgan fingerprint density at radius 3 is 1.38 bits per heavy atom. The molecule has 9 rings (SSSR count). The van der Waals surface area contributed by atoms with Gasteiger partial charge in [-0.1, -0.05) is 36.4 Å². The quantitative estimate of drug-likeness (QED) is 0.242. The minimum absolute atomic E-state index is 0.0411. The first-order valence-corrected chi connectivity index (χ1v) is 19.9. The molecule has 0 saturated carbocycles. The van der Waals surface area contributed by atoms with Crippen LogP contribution in [0.5, 0.6) is 23.0 Å². The van der Waals surface area contributed by atoms with E-state index < -0.39 is 0 Å². The number of likely N-dealkylation sites (tertiary alicyclic amines) is 2. The first-order chi connectivity index (χ1) is 27.1. The fourth-order valence-electron chi connectivity index (χ4n) is 11.3. The lowest BCUT2D eigenvalue weighted by Gasteiger charge is -2.56. The van der Waals surface area contributed by atoms with E-state index >= 15 is 0 Å². The summed E-state index contributed by atoms with van der Waals surface area (Å²) in [6, 6.07) is 17.2. The molecular formula is C46H52N2O8. The lowest BCUT2D eigenvalue weighted by Crippen LogP contribution is -2.60. The third-order valence-electron chi connectivity index (χ3n) is 14.2. The third kappa shape index (κ3) is 5.57. The highest BCUT2D eigenvalue weighted by atomic mass is 16.5. The summed E-state index contributed by atoms with van der Waals surface area (Å²) in [5.74, 6) is 4.11. The second-order valence-corrected chi connectivity index (χ2v) is 16.7. The van der Waals surface area contributed by atoms with Crippen LogP contribution in [-0.2, 0) is 55.9 Å². The molecule has 10 heteroatoms. The zero-order valence-electron chi connectivity index (χ0n) is 33.3. The fourth-order valence-corrected chi connectivity index (χ4v) is 11.3. The zero-order valence-corrected chi connectivity index (χ0v) is 33.3. The predicted octanol–water partition coefficient (Wildman–Crippen LogP) is 6.10. The number of nitrogens with zero attached hydrogens (tertiary/aromatic N) is 2. The summed E-state index contributed by atoms with van der Waals surface area (Å²) in [6.07, 6.45) is 8.37. The molecule has 2 fully saturated rings. The minimum Gasteiger partial charge on any atom is -0.493 e. The van der Waals surface area contributed by atoms with E-state index in [9.17, 15) is 9.59 Å². The van der Waals surface area contributed by atoms with Crippen LogP contribution in [0.15, 0.2) is 72.2 Å². The van der Waals surface area contributed by atoms with Gasteiger partial charge in [-0.3, -0.25) is 9.59 Å². The second-order valence-electron chi connectivity index (χ2n) is 16.7. The van der Waals surface area contributed by atoms with Crippen molar-refractivity contribution >= 4 is 11.6 Å². The number of ketones is 2. The van der Waals surface area contributed by atoms with Crippen LogP contribution in [0.4, 0.5) is 0 Å². The molecule has 0 aromatic heterocycles. The van der Waals surface area contributed by atoms with Gasteiger partial charge in [0.15, 0.2) is 46.1 Å². The second kappa shape index (κ2) is 14.0. The Kier molecular flexibility index (Phi) is 9.20. The van der Waals surface area contributed by atoms with Gasteiger partial charge < -0.3 is 38.2 Å². The van der Waals surface area contributed by atoms with E-state index in [1.807, 2.05) is 12.1 Å². The van der Waals surface area contributed by atoms with Gasteiger partial charge in [0, 0.05) is 58.7 Å². The highest BCUT2D eigenvalue weighted by Crippen LogP contribution is 2.59. The monoisotopic (exact) mass is 760 g/mol. The van der Waals surface area contributed by atoms with Crippen LogP contribution in [0, 0.1) is 11.8 Å². The lowest BCUT2D eigenvalue weighted by atomic mass is 9.53. The molecule has 0 amide bonds. The molecular weight excluding hydrogens is 709 g/mol. The van der Waals surface area contributed by atoms with Crippen molar-refractivity contribution in [1.29, 1.82) is 0 Å². The molecule has 0 spiro atoms. The van der Waals surface area contributed by atoms with Crippen LogP contribution in [-0.4, -0.2) is 89.1 Å². The van der Waals surface area contributed by atoms with Crippen LogP contribution in [0.2, 0.25) is 0 Å². The zero-order chi connectivity index (χ0) is 38.9. The predicted molar refractivity (Wildman–Crippen MR) is 210 cm³/mol. The average Bonchev–Trinajstić information content (AvgIpc) is 3.21. The maximum Gasteiger partial charge on any atom is 0.197 e. The Morgan fingerprint density at radius 1 is 0.589 bits per heavy atom. The Labute approximate surface area is 329 Å². The van der Waals surface area contributed by atoms with Crippen molar-refractivity contribution in [3.63, 3.8) is 0 Å². The van der Waals surface area contributed by atoms with E-state index in [1.54, 1.807) is 28.4 Å². The first-order valence-electron chi connectivity index (χ1n) is 19.9. The number of fused-ring (bicyclic) bond motifs is 2. The third-order valence-corrected chi connectivity index (χ3v) is 14.2. The number of carbonyl (C=O) groups excluding carboxylic acids is 2. The minimum atomic E-state index is -0.381. The lowest BCUT2D eigenvalue weighted by molar-refractivity contribution is -0.123. The molecule has 0 N–H and O–H groups in total. The molecule has 2 saturated heterocycles. The largest absolute Gasteiger partial charge is 0.493 e. The molecule has 2 heterocycles. The maximum absolute atomic E-state index is 13.4. The molecule has 3 aromatic rings. The van der Waals surface area contributed by atoms with Gasteiger partial charge in [0.05, 0.1) is 28.4 Å². The van der Waals surface area contributed by atoms with E-state index in [0.717, 1.165) is 72.5 Å². The number of carbonyl (C=O) groups is 2. The first kappa shape index (κ1) is 36.8. The van der Waals surface area contributed by atoms with Crippen molar-refractivity contribution < 1.29 is 38.0 Å². The normalized spacial score (nSPS) is 29.1. The highest BCUT2D eigenvalue weighted by Gasteiger charge is 2.58. The molecule has 4 bridgehead atoms. The number of ether oxygens (including phenoxy) is 6. The summed E-state index contributed by atoms with van der Waals surface area (Å²) in [5.41, 5.74) is 5.92. The molecule has 4 aliphatic carbocycles. The van der Waals surface area contributed by atoms with E-state index in [-0.39, 0.29) is 46.3 Å². The standard InChI is InChI=1S/C46H52N2O8/c1-47-17-15-45-23-35(49)39(53-5)21-31(45)33(47)19-29-11-13-37(51-3)43(41(29)45)55-25-27-7-9-28(10-8-27)26-56-44-38(52-4)14-12-30-20-34-32-22-40(54-6)36(50)24-46(32,42(30)44)16-18-48(34)2/h7-14,21-22,31-34H,15-20,23-26H2,1-6H3/t31-,32-,33+,34+,45-,46-/m1/s1. The number of hydrogen-bond donors (Lipinski definition) is 0. The van der Waals surface area contributed by atoms with Gasteiger partial charge in [-0.05, 0) is 99.4 Å². The average molecular weight is 761 g/mol. The molecule has 6 atom stereocenters. The number of Topliss-reactive ketones (excluding diaryl/α,β-unsaturated/α-hetero) is 2. The summed E-state index contributed by atoms with van der Waals surface area (Å²) < 4.78 is 36.5. The van der Waals surface area contributed by atoms with Gasteiger partial charge >= 0.3 is 0 Å². The molecule has 294 valence electrons. The van der Waals surface area contributed by atoms with Crippen molar-refractivity contribution in [2.24, 2.45) is 11.8 Å². The fraction of sp³-hybridized carbons (Fsp3) is 0.478. The van der Waals surface area contributed by atoms with Crippen LogP contribution < -0.4 is 18.9 Å². The number of hydrogen-bond acceptors (Lipinski definition) is 10. The van der Waals surface area contributed by atoms with Crippen molar-refractivity contribution in [2.75, 3.05) is 55.6 Å². The van der Waals surface area contributed by atoms with Crippen molar-refractivity contribution in [3.05, 3.63) is 106 Å². The Bertz CT molecular complexity index is 1990. The summed E-state index contributed by atoms with van der Waals surface area (Å²) in [7, 11) is 10.9. The van der Waals surface area contributed by atoms with Crippen molar-refractivity contribution in [2.45, 2.75) is 74.7 Å². The van der Waals surface area contributed by atoms with Gasteiger partial charge in [-0.25, -0.2) is 0 Å². The van der Waals surface area contributed by atoms with Gasteiger partial charge in [0.1, 0.15) is 13.2 Å². The highest BCUT2D eigenvalue weighted by molar-refractivity contribution is 5.97. The molecule has 6 aliphatic rings. The van der Waals surface area contributed by atoms with Gasteiger partial charge in [-0.15, -0.1) is 0 Å². The Morgan fingerprint density at radius 2 is 1.00 bits per heavy atom. The summed E-state index contributed by atoms with van der Waals surface area (Å²) in [6.45, 7) is 2.50. The summed E-state index contributed by atoms with van der Waals surface area (Å²) >= 11 is 0. The molecule has 0 radical (unpaired) electrons. The van der Waals surface area contributed by atoms with Crippen LogP contribution in [0.1, 0.15) is 59.1 Å². The van der Waals surface area contributed by atoms with Gasteiger partial charge in [0.25, 0.3) is 0 Å². The number of methoxy groups -OCH3 is 4. The van der Waals surface area contributed by atoms with Gasteiger partial charge in [0.2, 0.25) is 0 Å². The number of piperidine rings is 2. The molecule has 10 nitrogen and oxygen atoms in total. The van der Waals surface area contributed by atoms with E-state index in [0.29, 0.717) is 49.1 Å². The number of allylic oxidation sites excluding steroid dienone is 2. The maximum atomic E-state index is 13.4. The van der Waals surface area contributed by atoms with E-state index in [4.69, 9.17) is 28.4 Å². The Balaban J connectivity index is 0.978. The Hall–Kier alpha value is -4.80. The van der Waals surface area contributed by atoms with Crippen molar-refractivity contribution in [1.82, 2.24) is 9.80 Å². The van der Waals surface area contributed by atoms with Crippen LogP contribution in [0.3, 0.4) is 0 Å². The van der Waals surface area contributed by atoms with Crippen molar-refractivity contribution in [3.8, 4) is 23.0 Å². The summed E-state index contributed by atoms with van der Waals surface area (Å²) in [4.78, 5) is 31.7. The van der Waals surface area contributed by atoms with E-state index in [2.05, 4.69) is 72.4 Å². The number of benzene rings is 3. The molecule has 2 aliphatic heterocycles. The molecule has 3 aromatic carbocycles. The van der Waals surface area contributed by atoms with E-state index in [1.165, 1.54) is 11.1 Å². The van der Waals surface area contributed by atoms with Crippen LogP contribution >= 0.6 is 0 Å². The number of rotatable bonds is 10. The SMILES string of the molecule is COC1=C[C@@H]2[C@@H]3Cc4ccc(OC)c(OCc5ccc(COc6c(OC)ccc7c6[C@@]68CCN(C)[C@@H](C7)[C@H]6C=C(OC)C(=O)C8)cc5)c4[C@]2(CCN3C)CC1=O. The summed E-state index contributed by atoms with van der Waals surface area (Å²) in [5, 5.41) is 0. The van der Waals surface area contributed by atoms with Crippen LogP contribution in [0.25, 0.3) is 0 Å².